The first kappa shape index (κ1) is 13.3. The van der Waals surface area contributed by atoms with Gasteiger partial charge in [-0.25, -0.2) is 9.97 Å². The highest BCUT2D eigenvalue weighted by molar-refractivity contribution is 7.80. The smallest absolute Gasteiger partial charge is 0.241 e. The van der Waals surface area contributed by atoms with Crippen LogP contribution < -0.4 is 11.1 Å². The average molecular weight is 253 g/mol. The van der Waals surface area contributed by atoms with Gasteiger partial charge in [0.1, 0.15) is 10.7 Å². The number of hydrogen-bond acceptors (Lipinski definition) is 5. The summed E-state index contributed by atoms with van der Waals surface area (Å²) in [5.41, 5.74) is 5.90. The number of nitrogens with zero attached hydrogens (tertiary/aromatic N) is 3. The van der Waals surface area contributed by atoms with E-state index in [9.17, 15) is 4.79 Å². The molecule has 0 saturated carbocycles. The molecule has 1 heterocycles. The van der Waals surface area contributed by atoms with Gasteiger partial charge in [0, 0.05) is 26.0 Å². The van der Waals surface area contributed by atoms with E-state index in [0.717, 1.165) is 0 Å². The summed E-state index contributed by atoms with van der Waals surface area (Å²) in [5.74, 6) is 0.393. The van der Waals surface area contributed by atoms with Crippen LogP contribution in [0.3, 0.4) is 0 Å². The van der Waals surface area contributed by atoms with Crippen molar-refractivity contribution in [1.82, 2.24) is 14.9 Å². The van der Waals surface area contributed by atoms with Crippen LogP contribution in [0.5, 0.6) is 0 Å². The Hall–Kier alpha value is -1.76. The highest BCUT2D eigenvalue weighted by Crippen LogP contribution is 2.07. The lowest BCUT2D eigenvalue weighted by Gasteiger charge is -2.15. The summed E-state index contributed by atoms with van der Waals surface area (Å²) in [6, 6.07) is 0. The molecule has 0 radical (unpaired) electrons. The molecule has 0 bridgehead atoms. The molecule has 0 aromatic carbocycles. The summed E-state index contributed by atoms with van der Waals surface area (Å²) in [7, 11) is 1.73. The van der Waals surface area contributed by atoms with Crippen molar-refractivity contribution >= 4 is 28.9 Å². The van der Waals surface area contributed by atoms with Gasteiger partial charge in [0.15, 0.2) is 5.82 Å². The molecule has 17 heavy (non-hydrogen) atoms. The summed E-state index contributed by atoms with van der Waals surface area (Å²) in [5, 5.41) is 2.88. The van der Waals surface area contributed by atoms with Gasteiger partial charge in [0.25, 0.3) is 0 Å². The number of rotatable bonds is 5. The molecule has 3 N–H and O–H groups in total. The van der Waals surface area contributed by atoms with Crippen molar-refractivity contribution in [3.63, 3.8) is 0 Å². The fourth-order valence-electron chi connectivity index (χ4n) is 1.12. The maximum Gasteiger partial charge on any atom is 0.241 e. The van der Waals surface area contributed by atoms with Crippen molar-refractivity contribution in [3.8, 4) is 0 Å². The zero-order chi connectivity index (χ0) is 12.8. The van der Waals surface area contributed by atoms with Crippen LogP contribution in [0.25, 0.3) is 0 Å². The van der Waals surface area contributed by atoms with E-state index in [1.54, 1.807) is 11.9 Å². The third kappa shape index (κ3) is 3.63. The van der Waals surface area contributed by atoms with Gasteiger partial charge in [-0.15, -0.1) is 0 Å². The first-order valence-electron chi connectivity index (χ1n) is 5.15. The Kier molecular flexibility index (Phi) is 4.77. The van der Waals surface area contributed by atoms with Gasteiger partial charge in [-0.3, -0.25) is 4.79 Å². The Morgan fingerprint density at radius 3 is 2.76 bits per heavy atom. The predicted octanol–water partition coefficient (Wildman–Crippen LogP) is 0.00100. The van der Waals surface area contributed by atoms with Crippen molar-refractivity contribution < 1.29 is 4.79 Å². The number of nitrogens with two attached hydrogens (primary N) is 1. The number of hydrogen-bond donors (Lipinski definition) is 2. The third-order valence-electron chi connectivity index (χ3n) is 2.24. The molecule has 0 fully saturated rings. The predicted molar refractivity (Wildman–Crippen MR) is 69.7 cm³/mol. The summed E-state index contributed by atoms with van der Waals surface area (Å²) >= 11 is 4.84. The second-order valence-electron chi connectivity index (χ2n) is 3.38. The lowest BCUT2D eigenvalue weighted by atomic mass is 10.4. The molecule has 92 valence electrons. The Labute approximate surface area is 105 Å². The Morgan fingerprint density at radius 1 is 1.53 bits per heavy atom. The van der Waals surface area contributed by atoms with Crippen LogP contribution in [0.15, 0.2) is 12.4 Å². The van der Waals surface area contributed by atoms with E-state index >= 15 is 0 Å². The molecule has 0 aliphatic rings. The summed E-state index contributed by atoms with van der Waals surface area (Å²) < 4.78 is 0. The molecule has 0 atom stereocenters. The molecule has 7 heteroatoms. The standard InChI is InChI=1S/C10H15N5OS/c1-3-15(2)7(16)6-14-10-8(9(11)17)12-4-5-13-10/h4-5H,3,6H2,1-2H3,(H2,11,17)(H,13,14). The number of thiocarbonyl (C=S) groups is 1. The molecule has 0 aliphatic heterocycles. The first-order chi connectivity index (χ1) is 8.06. The molecular formula is C10H15N5OS. The van der Waals surface area contributed by atoms with E-state index in [2.05, 4.69) is 15.3 Å². The minimum Gasteiger partial charge on any atom is -0.388 e. The monoisotopic (exact) mass is 253 g/mol. The molecule has 1 rings (SSSR count). The van der Waals surface area contributed by atoms with Crippen molar-refractivity contribution in [2.24, 2.45) is 5.73 Å². The van der Waals surface area contributed by atoms with Crippen LogP contribution in [0.1, 0.15) is 12.6 Å². The SMILES string of the molecule is CCN(C)C(=O)CNc1nccnc1C(N)=S. The van der Waals surface area contributed by atoms with Gasteiger partial charge in [-0.2, -0.15) is 0 Å². The fraction of sp³-hybridized carbons (Fsp3) is 0.400. The van der Waals surface area contributed by atoms with E-state index in [1.807, 2.05) is 6.92 Å². The summed E-state index contributed by atoms with van der Waals surface area (Å²) in [4.78, 5) is 21.4. The van der Waals surface area contributed by atoms with E-state index in [0.29, 0.717) is 18.1 Å². The topological polar surface area (TPSA) is 84.1 Å². The van der Waals surface area contributed by atoms with Crippen LogP contribution in [-0.4, -0.2) is 45.9 Å². The molecule has 1 amide bonds. The maximum absolute atomic E-state index is 11.6. The van der Waals surface area contributed by atoms with Crippen molar-refractivity contribution in [2.45, 2.75) is 6.92 Å². The normalized spacial score (nSPS) is 9.76. The maximum atomic E-state index is 11.6. The van der Waals surface area contributed by atoms with E-state index in [1.165, 1.54) is 12.4 Å². The second kappa shape index (κ2) is 6.09. The van der Waals surface area contributed by atoms with Crippen LogP contribution in [0.2, 0.25) is 0 Å². The zero-order valence-electron chi connectivity index (χ0n) is 9.80. The molecule has 0 aliphatic carbocycles. The molecule has 0 saturated heterocycles. The van der Waals surface area contributed by atoms with Gasteiger partial charge in [-0.1, -0.05) is 12.2 Å². The summed E-state index contributed by atoms with van der Waals surface area (Å²) in [6.45, 7) is 2.70. The van der Waals surface area contributed by atoms with Crippen molar-refractivity contribution in [2.75, 3.05) is 25.5 Å². The zero-order valence-corrected chi connectivity index (χ0v) is 10.6. The summed E-state index contributed by atoms with van der Waals surface area (Å²) in [6.07, 6.45) is 3.01. The number of aromatic nitrogens is 2. The average Bonchev–Trinajstić information content (AvgIpc) is 2.35. The second-order valence-corrected chi connectivity index (χ2v) is 3.82. The Morgan fingerprint density at radius 2 is 2.18 bits per heavy atom. The molecule has 0 unspecified atom stereocenters. The lowest BCUT2D eigenvalue weighted by molar-refractivity contribution is -0.127. The minimum atomic E-state index is -0.0351. The van der Waals surface area contributed by atoms with Gasteiger partial charge in [0.05, 0.1) is 6.54 Å². The van der Waals surface area contributed by atoms with Crippen LogP contribution >= 0.6 is 12.2 Å². The van der Waals surface area contributed by atoms with Crippen LogP contribution in [0.4, 0.5) is 5.82 Å². The molecule has 1 aromatic rings. The van der Waals surface area contributed by atoms with E-state index in [-0.39, 0.29) is 17.4 Å². The fourth-order valence-corrected chi connectivity index (χ4v) is 1.27. The third-order valence-corrected chi connectivity index (χ3v) is 2.43. The van der Waals surface area contributed by atoms with Crippen molar-refractivity contribution in [3.05, 3.63) is 18.1 Å². The van der Waals surface area contributed by atoms with Gasteiger partial charge < -0.3 is 16.0 Å². The molecule has 1 aromatic heterocycles. The molecular weight excluding hydrogens is 238 g/mol. The van der Waals surface area contributed by atoms with Gasteiger partial charge in [-0.05, 0) is 6.92 Å². The first-order valence-corrected chi connectivity index (χ1v) is 5.55. The van der Waals surface area contributed by atoms with Gasteiger partial charge >= 0.3 is 0 Å². The number of carbonyl (C=O) groups excluding carboxylic acids is 1. The minimum absolute atomic E-state index is 0.0351. The molecule has 0 spiro atoms. The lowest BCUT2D eigenvalue weighted by Crippen LogP contribution is -2.32. The van der Waals surface area contributed by atoms with Crippen LogP contribution in [-0.2, 0) is 4.79 Å². The number of likely N-dealkylation sites (N-methyl/N-ethyl adjacent to an activating group) is 1. The molecule has 6 nitrogen and oxygen atoms in total. The highest BCUT2D eigenvalue weighted by atomic mass is 32.1. The Balaban J connectivity index is 2.69. The van der Waals surface area contributed by atoms with Gasteiger partial charge in [0.2, 0.25) is 5.91 Å². The quantitative estimate of drug-likeness (QED) is 0.719. The number of anilines is 1. The van der Waals surface area contributed by atoms with Crippen LogP contribution in [0, 0.1) is 0 Å². The van der Waals surface area contributed by atoms with E-state index < -0.39 is 0 Å². The largest absolute Gasteiger partial charge is 0.388 e. The Bertz CT molecular complexity index is 423. The highest BCUT2D eigenvalue weighted by Gasteiger charge is 2.10. The van der Waals surface area contributed by atoms with E-state index in [4.69, 9.17) is 18.0 Å². The number of carbonyl (C=O) groups is 1. The number of amides is 1. The number of nitrogens with one attached hydrogen (secondary N) is 1. The van der Waals surface area contributed by atoms with Crippen molar-refractivity contribution in [1.29, 1.82) is 0 Å².